The van der Waals surface area contributed by atoms with E-state index in [2.05, 4.69) is 33.0 Å². The maximum absolute atomic E-state index is 12.0. The number of amides is 1. The Balaban J connectivity index is 1.99. The summed E-state index contributed by atoms with van der Waals surface area (Å²) >= 11 is 0. The maximum atomic E-state index is 12.0. The Morgan fingerprint density at radius 3 is 2.17 bits per heavy atom. The van der Waals surface area contributed by atoms with Gasteiger partial charge in [0.2, 0.25) is 5.91 Å². The third kappa shape index (κ3) is 3.05. The van der Waals surface area contributed by atoms with Gasteiger partial charge in [-0.1, -0.05) is 27.7 Å². The van der Waals surface area contributed by atoms with Crippen LogP contribution in [0.4, 0.5) is 0 Å². The first-order valence-electron chi connectivity index (χ1n) is 7.20. The highest BCUT2D eigenvalue weighted by atomic mass is 16.2. The lowest BCUT2D eigenvalue weighted by Gasteiger charge is -2.45. The van der Waals surface area contributed by atoms with Crippen molar-refractivity contribution in [2.45, 2.75) is 65.5 Å². The SMILES string of the molecule is CN1CCC(NC2CC(C)(C)CC(C)(C)C2)C1=O. The second-order valence-corrected chi connectivity index (χ2v) is 7.88. The second-order valence-electron chi connectivity index (χ2n) is 7.88. The average molecular weight is 252 g/mol. The van der Waals surface area contributed by atoms with Gasteiger partial charge in [-0.15, -0.1) is 0 Å². The van der Waals surface area contributed by atoms with Crippen molar-refractivity contribution in [2.24, 2.45) is 10.8 Å². The van der Waals surface area contributed by atoms with Gasteiger partial charge in [-0.05, 0) is 36.5 Å². The molecule has 0 aromatic heterocycles. The predicted molar refractivity (Wildman–Crippen MR) is 74.4 cm³/mol. The largest absolute Gasteiger partial charge is 0.344 e. The Hall–Kier alpha value is -0.570. The van der Waals surface area contributed by atoms with Crippen LogP contribution in [0.15, 0.2) is 0 Å². The summed E-state index contributed by atoms with van der Waals surface area (Å²) in [7, 11) is 1.90. The molecule has 1 saturated heterocycles. The van der Waals surface area contributed by atoms with Crippen LogP contribution in [0.5, 0.6) is 0 Å². The van der Waals surface area contributed by atoms with Crippen molar-refractivity contribution in [1.82, 2.24) is 10.2 Å². The lowest BCUT2D eigenvalue weighted by atomic mass is 9.63. The van der Waals surface area contributed by atoms with Crippen LogP contribution in [0.1, 0.15) is 53.4 Å². The molecule has 0 bridgehead atoms. The molecule has 1 aliphatic carbocycles. The van der Waals surface area contributed by atoms with E-state index < -0.39 is 0 Å². The Labute approximate surface area is 111 Å². The zero-order valence-electron chi connectivity index (χ0n) is 12.5. The van der Waals surface area contributed by atoms with Gasteiger partial charge in [0.15, 0.2) is 0 Å². The highest BCUT2D eigenvalue weighted by Crippen LogP contribution is 2.45. The maximum Gasteiger partial charge on any atom is 0.239 e. The molecule has 1 N–H and O–H groups in total. The standard InChI is InChI=1S/C15H28N2O/c1-14(2)8-11(9-15(3,4)10-14)16-12-6-7-17(5)13(12)18/h11-12,16H,6-10H2,1-5H3. The van der Waals surface area contributed by atoms with Crippen LogP contribution in [-0.4, -0.2) is 36.5 Å². The van der Waals surface area contributed by atoms with Crippen LogP contribution in [-0.2, 0) is 4.79 Å². The molecule has 0 spiro atoms. The first-order chi connectivity index (χ1) is 8.19. The van der Waals surface area contributed by atoms with E-state index in [9.17, 15) is 4.79 Å². The molecule has 0 radical (unpaired) electrons. The zero-order valence-corrected chi connectivity index (χ0v) is 12.5. The molecule has 2 aliphatic rings. The summed E-state index contributed by atoms with van der Waals surface area (Å²) in [5.41, 5.74) is 0.764. The average Bonchev–Trinajstić information content (AvgIpc) is 2.44. The van der Waals surface area contributed by atoms with E-state index in [-0.39, 0.29) is 11.9 Å². The van der Waals surface area contributed by atoms with Crippen molar-refractivity contribution >= 4 is 5.91 Å². The number of rotatable bonds is 2. The molecule has 2 rings (SSSR count). The number of nitrogens with zero attached hydrogens (tertiary/aromatic N) is 1. The van der Waals surface area contributed by atoms with Crippen LogP contribution in [0, 0.1) is 10.8 Å². The van der Waals surface area contributed by atoms with Gasteiger partial charge in [0, 0.05) is 19.6 Å². The minimum absolute atomic E-state index is 0.0599. The van der Waals surface area contributed by atoms with Crippen molar-refractivity contribution in [3.05, 3.63) is 0 Å². The van der Waals surface area contributed by atoms with E-state index in [4.69, 9.17) is 0 Å². The number of likely N-dealkylation sites (tertiary alicyclic amines) is 1. The molecule has 104 valence electrons. The summed E-state index contributed by atoms with van der Waals surface area (Å²) in [6.45, 7) is 10.3. The van der Waals surface area contributed by atoms with E-state index in [1.165, 1.54) is 19.3 Å². The lowest BCUT2D eigenvalue weighted by Crippen LogP contribution is -2.49. The molecule has 0 aromatic carbocycles. The highest BCUT2D eigenvalue weighted by molar-refractivity contribution is 5.83. The summed E-state index contributed by atoms with van der Waals surface area (Å²) in [5, 5.41) is 3.62. The number of likely N-dealkylation sites (N-methyl/N-ethyl adjacent to an activating group) is 1. The third-order valence-corrected chi connectivity index (χ3v) is 4.42. The number of nitrogens with one attached hydrogen (secondary N) is 1. The van der Waals surface area contributed by atoms with Gasteiger partial charge >= 0.3 is 0 Å². The fourth-order valence-corrected chi connectivity index (χ4v) is 4.23. The minimum atomic E-state index is 0.0599. The molecule has 1 saturated carbocycles. The monoisotopic (exact) mass is 252 g/mol. The number of carbonyl (C=O) groups is 1. The molecular formula is C15H28N2O. The van der Waals surface area contributed by atoms with Gasteiger partial charge < -0.3 is 10.2 Å². The van der Waals surface area contributed by atoms with Gasteiger partial charge in [0.1, 0.15) is 0 Å². The van der Waals surface area contributed by atoms with Crippen molar-refractivity contribution in [3.63, 3.8) is 0 Å². The Bertz CT molecular complexity index is 319. The van der Waals surface area contributed by atoms with Crippen molar-refractivity contribution < 1.29 is 4.79 Å². The van der Waals surface area contributed by atoms with Crippen molar-refractivity contribution in [2.75, 3.05) is 13.6 Å². The Morgan fingerprint density at radius 1 is 1.17 bits per heavy atom. The Kier molecular flexibility index (Phi) is 3.48. The van der Waals surface area contributed by atoms with Crippen molar-refractivity contribution in [3.8, 4) is 0 Å². The first kappa shape index (κ1) is 13.9. The predicted octanol–water partition coefficient (Wildman–Crippen LogP) is 2.41. The van der Waals surface area contributed by atoms with E-state index in [1.54, 1.807) is 0 Å². The minimum Gasteiger partial charge on any atom is -0.344 e. The number of hydrogen-bond donors (Lipinski definition) is 1. The molecule has 18 heavy (non-hydrogen) atoms. The fourth-order valence-electron chi connectivity index (χ4n) is 4.23. The summed E-state index contributed by atoms with van der Waals surface area (Å²) < 4.78 is 0. The smallest absolute Gasteiger partial charge is 0.239 e. The Morgan fingerprint density at radius 2 is 1.72 bits per heavy atom. The normalized spacial score (nSPS) is 31.9. The van der Waals surface area contributed by atoms with E-state index in [1.807, 2.05) is 11.9 Å². The highest BCUT2D eigenvalue weighted by Gasteiger charge is 2.40. The molecule has 1 amide bonds. The summed E-state index contributed by atoms with van der Waals surface area (Å²) in [6, 6.07) is 0.550. The van der Waals surface area contributed by atoms with Gasteiger partial charge in [0.05, 0.1) is 6.04 Å². The van der Waals surface area contributed by atoms with E-state index in [0.29, 0.717) is 16.9 Å². The lowest BCUT2D eigenvalue weighted by molar-refractivity contribution is -0.128. The summed E-state index contributed by atoms with van der Waals surface area (Å²) in [6.07, 6.45) is 4.61. The molecule has 1 atom stereocenters. The molecule has 3 heteroatoms. The second kappa shape index (κ2) is 4.52. The molecule has 1 aliphatic heterocycles. The van der Waals surface area contributed by atoms with Crippen molar-refractivity contribution in [1.29, 1.82) is 0 Å². The number of carbonyl (C=O) groups excluding carboxylic acids is 1. The third-order valence-electron chi connectivity index (χ3n) is 4.42. The van der Waals surface area contributed by atoms with E-state index >= 15 is 0 Å². The van der Waals surface area contributed by atoms with Gasteiger partial charge in [-0.2, -0.15) is 0 Å². The number of hydrogen-bond acceptors (Lipinski definition) is 2. The fraction of sp³-hybridized carbons (Fsp3) is 0.933. The van der Waals surface area contributed by atoms with Crippen LogP contribution in [0.25, 0.3) is 0 Å². The zero-order chi connectivity index (χ0) is 13.6. The quantitative estimate of drug-likeness (QED) is 0.818. The van der Waals surface area contributed by atoms with Gasteiger partial charge in [-0.25, -0.2) is 0 Å². The molecule has 2 fully saturated rings. The topological polar surface area (TPSA) is 32.3 Å². The summed E-state index contributed by atoms with van der Waals surface area (Å²) in [4.78, 5) is 13.8. The molecule has 1 heterocycles. The van der Waals surface area contributed by atoms with Crippen LogP contribution in [0.2, 0.25) is 0 Å². The van der Waals surface area contributed by atoms with E-state index in [0.717, 1.165) is 13.0 Å². The van der Waals surface area contributed by atoms with Crippen LogP contribution >= 0.6 is 0 Å². The van der Waals surface area contributed by atoms with Gasteiger partial charge in [-0.3, -0.25) is 4.79 Å². The van der Waals surface area contributed by atoms with Gasteiger partial charge in [0.25, 0.3) is 0 Å². The molecule has 3 nitrogen and oxygen atoms in total. The molecular weight excluding hydrogens is 224 g/mol. The van der Waals surface area contributed by atoms with Crippen LogP contribution < -0.4 is 5.32 Å². The molecule has 1 unspecified atom stereocenters. The summed E-state index contributed by atoms with van der Waals surface area (Å²) in [5.74, 6) is 0.274. The van der Waals surface area contributed by atoms with Crippen LogP contribution in [0.3, 0.4) is 0 Å². The molecule has 0 aromatic rings. The first-order valence-corrected chi connectivity index (χ1v) is 7.20.